The van der Waals surface area contributed by atoms with Gasteiger partial charge in [-0.25, -0.2) is 9.59 Å². The molecule has 0 bridgehead atoms. The van der Waals surface area contributed by atoms with Crippen molar-refractivity contribution in [2.45, 2.75) is 20.8 Å². The SMILES string of the molecule is CCOC(=O)C(C#N)C(C#N)(/C=C/C=C(/C)C(=O)OC)C(=O)OCC. The van der Waals surface area contributed by atoms with Gasteiger partial charge >= 0.3 is 17.9 Å². The Labute approximate surface area is 146 Å². The quantitative estimate of drug-likeness (QED) is 0.279. The molecular formula is C17H20N2O6. The normalized spacial score (nSPS) is 14.6. The highest BCUT2D eigenvalue weighted by molar-refractivity contribution is 5.92. The highest BCUT2D eigenvalue weighted by Gasteiger charge is 2.51. The van der Waals surface area contributed by atoms with Crippen LogP contribution in [0, 0.1) is 34.0 Å². The minimum atomic E-state index is -2.20. The summed E-state index contributed by atoms with van der Waals surface area (Å²) in [6.07, 6.45) is 3.55. The molecule has 8 nitrogen and oxygen atoms in total. The van der Waals surface area contributed by atoms with Crippen LogP contribution in [0.15, 0.2) is 23.8 Å². The van der Waals surface area contributed by atoms with Gasteiger partial charge in [-0.3, -0.25) is 4.79 Å². The lowest BCUT2D eigenvalue weighted by Gasteiger charge is -2.24. The summed E-state index contributed by atoms with van der Waals surface area (Å²) >= 11 is 0. The van der Waals surface area contributed by atoms with Gasteiger partial charge in [0.25, 0.3) is 0 Å². The van der Waals surface area contributed by atoms with E-state index in [9.17, 15) is 24.9 Å². The first-order valence-corrected chi connectivity index (χ1v) is 7.43. The van der Waals surface area contributed by atoms with Crippen molar-refractivity contribution in [2.75, 3.05) is 20.3 Å². The molecule has 2 unspecified atom stereocenters. The molecule has 0 spiro atoms. The number of hydrogen-bond donors (Lipinski definition) is 0. The highest BCUT2D eigenvalue weighted by atomic mass is 16.5. The number of carbonyl (C=O) groups is 3. The molecule has 0 saturated carbocycles. The van der Waals surface area contributed by atoms with Crippen molar-refractivity contribution in [3.63, 3.8) is 0 Å². The lowest BCUT2D eigenvalue weighted by atomic mass is 9.76. The van der Waals surface area contributed by atoms with Gasteiger partial charge in [0.05, 0.1) is 32.5 Å². The molecule has 0 aromatic rings. The van der Waals surface area contributed by atoms with Crippen molar-refractivity contribution in [1.82, 2.24) is 0 Å². The third-order valence-corrected chi connectivity index (χ3v) is 3.12. The largest absolute Gasteiger partial charge is 0.466 e. The first-order chi connectivity index (χ1) is 11.8. The number of ether oxygens (including phenoxy) is 3. The zero-order chi connectivity index (χ0) is 19.5. The van der Waals surface area contributed by atoms with Gasteiger partial charge in [0.1, 0.15) is 0 Å². The molecular weight excluding hydrogens is 328 g/mol. The van der Waals surface area contributed by atoms with Gasteiger partial charge in [-0.05, 0) is 20.8 Å². The Balaban J connectivity index is 6.04. The van der Waals surface area contributed by atoms with Crippen molar-refractivity contribution < 1.29 is 28.6 Å². The fourth-order valence-corrected chi connectivity index (χ4v) is 1.82. The average molecular weight is 348 g/mol. The Hall–Kier alpha value is -3.13. The Morgan fingerprint density at radius 1 is 1.16 bits per heavy atom. The molecule has 0 heterocycles. The lowest BCUT2D eigenvalue weighted by Crippen LogP contribution is -2.41. The summed E-state index contributed by atoms with van der Waals surface area (Å²) in [5, 5.41) is 18.8. The van der Waals surface area contributed by atoms with Crippen molar-refractivity contribution in [3.8, 4) is 12.1 Å². The molecule has 8 heteroatoms. The molecule has 0 amide bonds. The molecule has 0 aliphatic carbocycles. The van der Waals surface area contributed by atoms with Crippen LogP contribution in [0.2, 0.25) is 0 Å². The molecule has 0 aliphatic heterocycles. The predicted molar refractivity (Wildman–Crippen MR) is 85.3 cm³/mol. The van der Waals surface area contributed by atoms with Gasteiger partial charge in [0.15, 0.2) is 11.3 Å². The molecule has 0 aromatic heterocycles. The van der Waals surface area contributed by atoms with Gasteiger partial charge in [-0.15, -0.1) is 0 Å². The minimum Gasteiger partial charge on any atom is -0.466 e. The van der Waals surface area contributed by atoms with Crippen molar-refractivity contribution in [2.24, 2.45) is 11.3 Å². The van der Waals surface area contributed by atoms with E-state index in [-0.39, 0.29) is 18.8 Å². The van der Waals surface area contributed by atoms with E-state index in [0.29, 0.717) is 0 Å². The summed E-state index contributed by atoms with van der Waals surface area (Å²) in [5.41, 5.74) is -2.01. The zero-order valence-corrected chi connectivity index (χ0v) is 14.6. The first kappa shape index (κ1) is 21.9. The van der Waals surface area contributed by atoms with Crippen LogP contribution in [0.25, 0.3) is 0 Å². The molecule has 0 aromatic carbocycles. The second kappa shape index (κ2) is 10.6. The van der Waals surface area contributed by atoms with Crippen molar-refractivity contribution >= 4 is 17.9 Å². The van der Waals surface area contributed by atoms with Crippen LogP contribution in [0.4, 0.5) is 0 Å². The van der Waals surface area contributed by atoms with Crippen LogP contribution in [0.1, 0.15) is 20.8 Å². The number of esters is 3. The van der Waals surface area contributed by atoms with Crippen LogP contribution in [0.3, 0.4) is 0 Å². The summed E-state index contributed by atoms with van der Waals surface area (Å²) in [5.74, 6) is -4.40. The predicted octanol–water partition coefficient (Wildman–Crippen LogP) is 1.44. The fraction of sp³-hybridized carbons (Fsp3) is 0.471. The zero-order valence-electron chi connectivity index (χ0n) is 14.6. The van der Waals surface area contributed by atoms with Gasteiger partial charge in [-0.2, -0.15) is 10.5 Å². The Morgan fingerprint density at radius 2 is 1.76 bits per heavy atom. The van der Waals surface area contributed by atoms with E-state index in [0.717, 1.165) is 6.08 Å². The Kier molecular flexibility index (Phi) is 9.28. The van der Waals surface area contributed by atoms with Gasteiger partial charge < -0.3 is 14.2 Å². The second-order valence-electron chi connectivity index (χ2n) is 4.72. The topological polar surface area (TPSA) is 126 Å². The van der Waals surface area contributed by atoms with Crippen molar-refractivity contribution in [3.05, 3.63) is 23.8 Å². The van der Waals surface area contributed by atoms with Crippen LogP contribution >= 0.6 is 0 Å². The van der Waals surface area contributed by atoms with E-state index in [1.165, 1.54) is 40.0 Å². The summed E-state index contributed by atoms with van der Waals surface area (Å²) in [4.78, 5) is 35.7. The smallest absolute Gasteiger partial charge is 0.333 e. The van der Waals surface area contributed by atoms with Crippen molar-refractivity contribution in [1.29, 1.82) is 10.5 Å². The van der Waals surface area contributed by atoms with Gasteiger partial charge in [0, 0.05) is 5.57 Å². The van der Waals surface area contributed by atoms with Crippen LogP contribution in [-0.4, -0.2) is 38.2 Å². The number of allylic oxidation sites excluding steroid dienone is 2. The maximum Gasteiger partial charge on any atom is 0.333 e. The summed E-state index contributed by atoms with van der Waals surface area (Å²) < 4.78 is 14.1. The van der Waals surface area contributed by atoms with Gasteiger partial charge in [0.2, 0.25) is 0 Å². The number of hydrogen-bond acceptors (Lipinski definition) is 8. The molecule has 2 atom stereocenters. The first-order valence-electron chi connectivity index (χ1n) is 7.43. The molecule has 0 N–H and O–H groups in total. The summed E-state index contributed by atoms with van der Waals surface area (Å²) in [6, 6.07) is 3.31. The average Bonchev–Trinajstić information content (AvgIpc) is 2.60. The van der Waals surface area contributed by atoms with E-state index in [4.69, 9.17) is 9.47 Å². The number of nitriles is 2. The molecule has 134 valence electrons. The van der Waals surface area contributed by atoms with E-state index in [1.807, 2.05) is 0 Å². The molecule has 25 heavy (non-hydrogen) atoms. The summed E-state index contributed by atoms with van der Waals surface area (Å²) in [7, 11) is 1.20. The standard InChI is InChI=1S/C17H20N2O6/c1-5-24-15(21)13(10-18)17(11-19,16(22)25-6-2)9-7-8-12(3)14(20)23-4/h7-9,13H,5-6H2,1-4H3/b9-7+,12-8-. The molecule has 0 radical (unpaired) electrons. The Bertz CT molecular complexity index is 653. The van der Waals surface area contributed by atoms with E-state index in [1.54, 1.807) is 12.1 Å². The van der Waals surface area contributed by atoms with Crippen LogP contribution in [-0.2, 0) is 28.6 Å². The molecule has 0 aliphatic rings. The van der Waals surface area contributed by atoms with Crippen LogP contribution < -0.4 is 0 Å². The van der Waals surface area contributed by atoms with Crippen LogP contribution in [0.5, 0.6) is 0 Å². The molecule has 0 rings (SSSR count). The van der Waals surface area contributed by atoms with E-state index >= 15 is 0 Å². The number of methoxy groups -OCH3 is 1. The third-order valence-electron chi connectivity index (χ3n) is 3.12. The number of rotatable bonds is 8. The number of carbonyl (C=O) groups excluding carboxylic acids is 3. The lowest BCUT2D eigenvalue weighted by molar-refractivity contribution is -0.159. The highest BCUT2D eigenvalue weighted by Crippen LogP contribution is 2.32. The second-order valence-corrected chi connectivity index (χ2v) is 4.72. The molecule has 0 fully saturated rings. The number of nitrogens with zero attached hydrogens (tertiary/aromatic N) is 2. The summed E-state index contributed by atoms with van der Waals surface area (Å²) in [6.45, 7) is 4.45. The third kappa shape index (κ3) is 5.47. The Morgan fingerprint density at radius 3 is 2.20 bits per heavy atom. The molecule has 0 saturated heterocycles. The minimum absolute atomic E-state index is 0.0214. The maximum absolute atomic E-state index is 12.3. The van der Waals surface area contributed by atoms with E-state index < -0.39 is 29.2 Å². The van der Waals surface area contributed by atoms with Gasteiger partial charge in [-0.1, -0.05) is 18.2 Å². The van der Waals surface area contributed by atoms with E-state index in [2.05, 4.69) is 4.74 Å². The maximum atomic E-state index is 12.3. The monoisotopic (exact) mass is 348 g/mol. The fourth-order valence-electron chi connectivity index (χ4n) is 1.82.